The van der Waals surface area contributed by atoms with Gasteiger partial charge in [0.15, 0.2) is 16.7 Å². The molecule has 1 aliphatic heterocycles. The summed E-state index contributed by atoms with van der Waals surface area (Å²) in [5.41, 5.74) is 1.52. The monoisotopic (exact) mass is 442 g/mol. The molecule has 0 saturated heterocycles. The maximum atomic E-state index is 13.2. The fraction of sp³-hybridized carbons (Fsp3) is 0.227. The quantitative estimate of drug-likeness (QED) is 0.623. The topological polar surface area (TPSA) is 97.7 Å². The van der Waals surface area contributed by atoms with Crippen molar-refractivity contribution >= 4 is 40.6 Å². The molecular formula is C22H22N2O6S. The van der Waals surface area contributed by atoms with E-state index in [0.717, 1.165) is 0 Å². The number of methoxy groups -OCH3 is 3. The number of benzene rings is 2. The lowest BCUT2D eigenvalue weighted by Crippen LogP contribution is -2.30. The minimum Gasteiger partial charge on any atom is -0.493 e. The Morgan fingerprint density at radius 1 is 1.10 bits per heavy atom. The van der Waals surface area contributed by atoms with E-state index in [4.69, 9.17) is 19.3 Å². The van der Waals surface area contributed by atoms with Crippen molar-refractivity contribution in [2.45, 2.75) is 6.42 Å². The molecule has 8 nitrogen and oxygen atoms in total. The molecule has 0 radical (unpaired) electrons. The average molecular weight is 442 g/mol. The molecule has 1 amide bonds. The zero-order valence-corrected chi connectivity index (χ0v) is 18.1. The highest BCUT2D eigenvalue weighted by atomic mass is 32.2. The van der Waals surface area contributed by atoms with Crippen LogP contribution in [-0.2, 0) is 9.59 Å². The van der Waals surface area contributed by atoms with Gasteiger partial charge in [0.05, 0.1) is 33.4 Å². The van der Waals surface area contributed by atoms with E-state index in [9.17, 15) is 9.59 Å². The van der Waals surface area contributed by atoms with Gasteiger partial charge in [-0.3, -0.25) is 14.5 Å². The van der Waals surface area contributed by atoms with Gasteiger partial charge in [-0.2, -0.15) is 0 Å². The zero-order valence-electron chi connectivity index (χ0n) is 17.3. The van der Waals surface area contributed by atoms with Crippen LogP contribution in [0.3, 0.4) is 0 Å². The first kappa shape index (κ1) is 22.2. The van der Waals surface area contributed by atoms with E-state index in [1.807, 2.05) is 18.2 Å². The average Bonchev–Trinajstić information content (AvgIpc) is 3.08. The fourth-order valence-electron chi connectivity index (χ4n) is 2.97. The van der Waals surface area contributed by atoms with Crippen LogP contribution >= 0.6 is 11.8 Å². The number of aliphatic carboxylic acids is 1. The van der Waals surface area contributed by atoms with E-state index < -0.39 is 5.97 Å². The smallest absolute Gasteiger partial charge is 0.304 e. The number of thioether (sulfide) groups is 1. The van der Waals surface area contributed by atoms with Gasteiger partial charge in [0.25, 0.3) is 5.91 Å². The molecule has 2 aromatic carbocycles. The Hall–Kier alpha value is -3.46. The maximum absolute atomic E-state index is 13.2. The molecule has 0 atom stereocenters. The lowest BCUT2D eigenvalue weighted by molar-refractivity contribution is -0.136. The lowest BCUT2D eigenvalue weighted by atomic mass is 10.1. The van der Waals surface area contributed by atoms with Crippen molar-refractivity contribution in [1.82, 2.24) is 0 Å². The predicted octanol–water partition coefficient (Wildman–Crippen LogP) is 3.66. The van der Waals surface area contributed by atoms with Crippen molar-refractivity contribution < 1.29 is 28.9 Å². The van der Waals surface area contributed by atoms with Crippen LogP contribution in [0.4, 0.5) is 5.69 Å². The van der Waals surface area contributed by atoms with E-state index in [2.05, 4.69) is 4.99 Å². The van der Waals surface area contributed by atoms with Crippen molar-refractivity contribution in [1.29, 1.82) is 0 Å². The minimum atomic E-state index is -0.906. The van der Waals surface area contributed by atoms with E-state index in [1.54, 1.807) is 30.3 Å². The normalized spacial score (nSPS) is 14.5. The van der Waals surface area contributed by atoms with Gasteiger partial charge in [0.2, 0.25) is 5.75 Å². The maximum Gasteiger partial charge on any atom is 0.304 e. The summed E-state index contributed by atoms with van der Waals surface area (Å²) >= 11 is 1.22. The van der Waals surface area contributed by atoms with Gasteiger partial charge in [-0.05, 0) is 35.9 Å². The highest BCUT2D eigenvalue weighted by Gasteiger charge is 2.32. The Morgan fingerprint density at radius 3 is 2.29 bits per heavy atom. The number of anilines is 1. The molecule has 0 saturated carbocycles. The highest BCUT2D eigenvalue weighted by molar-refractivity contribution is 8.14. The molecule has 1 heterocycles. The molecule has 162 valence electrons. The Bertz CT molecular complexity index is 1010. The fourth-order valence-corrected chi connectivity index (χ4v) is 3.91. The third-order valence-electron chi connectivity index (χ3n) is 4.38. The Kier molecular flexibility index (Phi) is 7.19. The number of nitrogens with zero attached hydrogens (tertiary/aromatic N) is 2. The molecular weight excluding hydrogens is 420 g/mol. The number of amidine groups is 1. The summed E-state index contributed by atoms with van der Waals surface area (Å²) in [4.78, 5) is 30.0. The number of carbonyl (C=O) groups excluding carboxylic acids is 1. The van der Waals surface area contributed by atoms with Crippen LogP contribution in [0.1, 0.15) is 12.0 Å². The molecule has 1 N–H and O–H groups in total. The van der Waals surface area contributed by atoms with Crippen molar-refractivity contribution in [2.75, 3.05) is 32.0 Å². The number of rotatable bonds is 8. The first-order valence-electron chi connectivity index (χ1n) is 9.33. The second kappa shape index (κ2) is 10.0. The van der Waals surface area contributed by atoms with Crippen molar-refractivity contribution in [2.24, 2.45) is 4.99 Å². The summed E-state index contributed by atoms with van der Waals surface area (Å²) in [6, 6.07) is 12.5. The SMILES string of the molecule is COc1cc(/C=C2/N=C(SCCC(=O)O)N(c3ccccc3)C2=O)cc(OC)c1OC. The zero-order chi connectivity index (χ0) is 22.4. The van der Waals surface area contributed by atoms with E-state index in [-0.39, 0.29) is 18.0 Å². The largest absolute Gasteiger partial charge is 0.493 e. The number of amides is 1. The Labute approximate surface area is 184 Å². The second-order valence-electron chi connectivity index (χ2n) is 6.35. The van der Waals surface area contributed by atoms with Crippen LogP contribution in [-0.4, -0.2) is 49.2 Å². The molecule has 31 heavy (non-hydrogen) atoms. The van der Waals surface area contributed by atoms with Gasteiger partial charge >= 0.3 is 5.97 Å². The summed E-state index contributed by atoms with van der Waals surface area (Å²) < 4.78 is 16.1. The molecule has 0 aliphatic carbocycles. The molecule has 1 aliphatic rings. The number of carboxylic acid groups (broad SMARTS) is 1. The predicted molar refractivity (Wildman–Crippen MR) is 120 cm³/mol. The van der Waals surface area contributed by atoms with E-state index in [1.165, 1.54) is 38.0 Å². The summed E-state index contributed by atoms with van der Waals surface area (Å²) in [6.07, 6.45) is 1.60. The minimum absolute atomic E-state index is 0.0353. The summed E-state index contributed by atoms with van der Waals surface area (Å²) in [7, 11) is 4.55. The molecule has 9 heteroatoms. The molecule has 3 rings (SSSR count). The van der Waals surface area contributed by atoms with Gasteiger partial charge in [-0.1, -0.05) is 30.0 Å². The number of hydrogen-bond donors (Lipinski definition) is 1. The summed E-state index contributed by atoms with van der Waals surface area (Å²) in [5.74, 6) is 0.444. The number of carbonyl (C=O) groups is 2. The van der Waals surface area contributed by atoms with Crippen molar-refractivity contribution in [3.63, 3.8) is 0 Å². The first-order chi connectivity index (χ1) is 15.0. The Balaban J connectivity index is 2.00. The molecule has 0 unspecified atom stereocenters. The van der Waals surface area contributed by atoms with E-state index in [0.29, 0.717) is 39.4 Å². The molecule has 0 fully saturated rings. The van der Waals surface area contributed by atoms with Crippen LogP contribution in [0.25, 0.3) is 6.08 Å². The number of hydrogen-bond acceptors (Lipinski definition) is 7. The van der Waals surface area contributed by atoms with Crippen LogP contribution < -0.4 is 19.1 Å². The number of carboxylic acids is 1. The standard InChI is InChI=1S/C22H22N2O6S/c1-28-17-12-14(13-18(29-2)20(17)30-3)11-16-21(27)24(15-7-5-4-6-8-15)22(23-16)31-10-9-19(25)26/h4-8,11-13H,9-10H2,1-3H3,(H,25,26)/b16-11+. The van der Waals surface area contributed by atoms with Crippen molar-refractivity contribution in [3.8, 4) is 17.2 Å². The number of ether oxygens (including phenoxy) is 3. The molecule has 0 spiro atoms. The molecule has 0 aromatic heterocycles. The number of aliphatic imine (C=N–C) groups is 1. The van der Waals surface area contributed by atoms with Gasteiger partial charge in [-0.25, -0.2) is 4.99 Å². The Morgan fingerprint density at radius 2 is 1.74 bits per heavy atom. The molecule has 0 bridgehead atoms. The van der Waals surface area contributed by atoms with Crippen molar-refractivity contribution in [3.05, 3.63) is 53.7 Å². The van der Waals surface area contributed by atoms with E-state index >= 15 is 0 Å². The van der Waals surface area contributed by atoms with Gasteiger partial charge in [0, 0.05) is 5.75 Å². The third kappa shape index (κ3) is 5.00. The van der Waals surface area contributed by atoms with Crippen LogP contribution in [0.15, 0.2) is 53.2 Å². The summed E-state index contributed by atoms with van der Waals surface area (Å²) in [6.45, 7) is 0. The first-order valence-corrected chi connectivity index (χ1v) is 10.3. The van der Waals surface area contributed by atoms with Gasteiger partial charge in [0.1, 0.15) is 5.70 Å². The van der Waals surface area contributed by atoms with Crippen LogP contribution in [0.2, 0.25) is 0 Å². The van der Waals surface area contributed by atoms with Crippen LogP contribution in [0, 0.1) is 0 Å². The number of para-hydroxylation sites is 1. The van der Waals surface area contributed by atoms with Gasteiger partial charge < -0.3 is 19.3 Å². The highest BCUT2D eigenvalue weighted by Crippen LogP contribution is 2.39. The third-order valence-corrected chi connectivity index (χ3v) is 5.32. The lowest BCUT2D eigenvalue weighted by Gasteiger charge is -2.17. The summed E-state index contributed by atoms with van der Waals surface area (Å²) in [5, 5.41) is 9.36. The van der Waals surface area contributed by atoms with Crippen LogP contribution in [0.5, 0.6) is 17.2 Å². The second-order valence-corrected chi connectivity index (χ2v) is 7.41. The van der Waals surface area contributed by atoms with Gasteiger partial charge in [-0.15, -0.1) is 0 Å². The molecule has 2 aromatic rings.